The molecule has 104 valence electrons. The van der Waals surface area contributed by atoms with Gasteiger partial charge in [0.05, 0.1) is 0 Å². The molecule has 0 spiro atoms. The quantitative estimate of drug-likeness (QED) is 0.905. The SMILES string of the molecule is NC1CCC2CN(Cc3ccc4ccccc4c3)CC12. The van der Waals surface area contributed by atoms with Crippen molar-refractivity contribution in [3.8, 4) is 0 Å². The van der Waals surface area contributed by atoms with Gasteiger partial charge in [0.1, 0.15) is 0 Å². The number of nitrogens with zero attached hydrogens (tertiary/aromatic N) is 1. The van der Waals surface area contributed by atoms with Crippen LogP contribution in [0.15, 0.2) is 42.5 Å². The van der Waals surface area contributed by atoms with E-state index in [-0.39, 0.29) is 0 Å². The summed E-state index contributed by atoms with van der Waals surface area (Å²) in [5.74, 6) is 1.60. The highest BCUT2D eigenvalue weighted by Gasteiger charge is 2.40. The average molecular weight is 266 g/mol. The number of fused-ring (bicyclic) bond motifs is 2. The topological polar surface area (TPSA) is 29.3 Å². The molecule has 2 heteroatoms. The molecule has 2 fully saturated rings. The van der Waals surface area contributed by atoms with Crippen molar-refractivity contribution in [2.75, 3.05) is 13.1 Å². The fraction of sp³-hybridized carbons (Fsp3) is 0.444. The molecule has 2 N–H and O–H groups in total. The van der Waals surface area contributed by atoms with Crippen LogP contribution >= 0.6 is 0 Å². The molecule has 1 aliphatic carbocycles. The largest absolute Gasteiger partial charge is 0.327 e. The third kappa shape index (κ3) is 2.13. The van der Waals surface area contributed by atoms with Crippen molar-refractivity contribution < 1.29 is 0 Å². The smallest absolute Gasteiger partial charge is 0.0234 e. The second-order valence-electron chi connectivity index (χ2n) is 6.54. The number of nitrogens with two attached hydrogens (primary N) is 1. The first kappa shape index (κ1) is 12.4. The first-order valence-corrected chi connectivity index (χ1v) is 7.75. The molecule has 1 saturated carbocycles. The monoisotopic (exact) mass is 266 g/mol. The third-order valence-corrected chi connectivity index (χ3v) is 5.21. The van der Waals surface area contributed by atoms with Crippen LogP contribution in [0, 0.1) is 11.8 Å². The summed E-state index contributed by atoms with van der Waals surface area (Å²) in [4.78, 5) is 2.60. The molecule has 20 heavy (non-hydrogen) atoms. The molecule has 1 saturated heterocycles. The zero-order chi connectivity index (χ0) is 13.5. The fourth-order valence-electron chi connectivity index (χ4n) is 4.12. The van der Waals surface area contributed by atoms with E-state index in [1.54, 1.807) is 0 Å². The van der Waals surface area contributed by atoms with E-state index < -0.39 is 0 Å². The van der Waals surface area contributed by atoms with E-state index in [1.807, 2.05) is 0 Å². The summed E-state index contributed by atoms with van der Waals surface area (Å²) in [5.41, 5.74) is 7.65. The van der Waals surface area contributed by atoms with Gasteiger partial charge in [0, 0.05) is 25.7 Å². The van der Waals surface area contributed by atoms with Crippen LogP contribution in [0.1, 0.15) is 18.4 Å². The lowest BCUT2D eigenvalue weighted by Gasteiger charge is -2.18. The van der Waals surface area contributed by atoms with Crippen molar-refractivity contribution in [2.45, 2.75) is 25.4 Å². The Kier molecular flexibility index (Phi) is 3.01. The van der Waals surface area contributed by atoms with Crippen LogP contribution in [0.5, 0.6) is 0 Å². The van der Waals surface area contributed by atoms with Gasteiger partial charge in [0.15, 0.2) is 0 Å². The first-order valence-electron chi connectivity index (χ1n) is 7.75. The Balaban J connectivity index is 1.51. The average Bonchev–Trinajstić information content (AvgIpc) is 3.01. The molecular weight excluding hydrogens is 244 g/mol. The molecule has 1 aliphatic heterocycles. The van der Waals surface area contributed by atoms with Gasteiger partial charge in [-0.05, 0) is 47.1 Å². The van der Waals surface area contributed by atoms with Gasteiger partial charge in [-0.25, -0.2) is 0 Å². The number of hydrogen-bond donors (Lipinski definition) is 1. The molecule has 0 radical (unpaired) electrons. The van der Waals surface area contributed by atoms with E-state index in [0.29, 0.717) is 6.04 Å². The second-order valence-corrected chi connectivity index (χ2v) is 6.54. The summed E-state index contributed by atoms with van der Waals surface area (Å²) in [7, 11) is 0. The van der Waals surface area contributed by atoms with Crippen LogP contribution in [0.4, 0.5) is 0 Å². The van der Waals surface area contributed by atoms with Crippen molar-refractivity contribution in [3.63, 3.8) is 0 Å². The molecule has 0 aromatic heterocycles. The Bertz CT molecular complexity index is 622. The van der Waals surface area contributed by atoms with Gasteiger partial charge in [-0.3, -0.25) is 4.90 Å². The lowest BCUT2D eigenvalue weighted by atomic mass is 9.98. The lowest BCUT2D eigenvalue weighted by molar-refractivity contribution is 0.298. The van der Waals surface area contributed by atoms with E-state index >= 15 is 0 Å². The molecule has 2 aromatic rings. The molecule has 2 nitrogen and oxygen atoms in total. The van der Waals surface area contributed by atoms with Gasteiger partial charge in [0.25, 0.3) is 0 Å². The van der Waals surface area contributed by atoms with Crippen LogP contribution in [0.2, 0.25) is 0 Å². The van der Waals surface area contributed by atoms with Crippen LogP contribution in [-0.4, -0.2) is 24.0 Å². The highest BCUT2D eigenvalue weighted by atomic mass is 15.2. The van der Waals surface area contributed by atoms with E-state index in [1.165, 1.54) is 42.3 Å². The number of hydrogen-bond acceptors (Lipinski definition) is 2. The van der Waals surface area contributed by atoms with Gasteiger partial charge in [-0.1, -0.05) is 36.4 Å². The number of rotatable bonds is 2. The molecule has 3 unspecified atom stereocenters. The normalized spacial score (nSPS) is 29.9. The molecule has 2 aromatic carbocycles. The van der Waals surface area contributed by atoms with Gasteiger partial charge < -0.3 is 5.73 Å². The molecule has 2 aliphatic rings. The number of likely N-dealkylation sites (tertiary alicyclic amines) is 1. The standard InChI is InChI=1S/C18H22N2/c19-18-8-7-16-11-20(12-17(16)18)10-13-5-6-14-3-1-2-4-15(14)9-13/h1-6,9,16-18H,7-8,10-12,19H2. The Morgan fingerprint density at radius 2 is 1.85 bits per heavy atom. The predicted octanol–water partition coefficient (Wildman–Crippen LogP) is 3.01. The summed E-state index contributed by atoms with van der Waals surface area (Å²) in [6.45, 7) is 3.51. The first-order chi connectivity index (χ1) is 9.79. The third-order valence-electron chi connectivity index (χ3n) is 5.21. The minimum Gasteiger partial charge on any atom is -0.327 e. The van der Waals surface area contributed by atoms with E-state index in [2.05, 4.69) is 47.4 Å². The van der Waals surface area contributed by atoms with E-state index in [0.717, 1.165) is 18.4 Å². The van der Waals surface area contributed by atoms with Crippen molar-refractivity contribution in [1.82, 2.24) is 4.90 Å². The van der Waals surface area contributed by atoms with Gasteiger partial charge in [-0.15, -0.1) is 0 Å². The molecule has 1 heterocycles. The molecule has 4 rings (SSSR count). The maximum atomic E-state index is 6.22. The highest BCUT2D eigenvalue weighted by Crippen LogP contribution is 2.37. The molecule has 0 amide bonds. The summed E-state index contributed by atoms with van der Waals surface area (Å²) < 4.78 is 0. The van der Waals surface area contributed by atoms with Crippen LogP contribution in [0.3, 0.4) is 0 Å². The fourth-order valence-corrected chi connectivity index (χ4v) is 4.12. The maximum Gasteiger partial charge on any atom is 0.0234 e. The Hall–Kier alpha value is -1.38. The van der Waals surface area contributed by atoms with Crippen LogP contribution < -0.4 is 5.73 Å². The Labute approximate surface area is 120 Å². The van der Waals surface area contributed by atoms with Crippen LogP contribution in [0.25, 0.3) is 10.8 Å². The van der Waals surface area contributed by atoms with Crippen molar-refractivity contribution >= 4 is 10.8 Å². The van der Waals surface area contributed by atoms with Gasteiger partial charge in [-0.2, -0.15) is 0 Å². The summed E-state index contributed by atoms with van der Waals surface area (Å²) in [6.07, 6.45) is 2.57. The maximum absolute atomic E-state index is 6.22. The minimum atomic E-state index is 0.446. The van der Waals surface area contributed by atoms with Crippen LogP contribution in [-0.2, 0) is 6.54 Å². The molecule has 3 atom stereocenters. The van der Waals surface area contributed by atoms with E-state index in [4.69, 9.17) is 5.73 Å². The predicted molar refractivity (Wildman–Crippen MR) is 83.4 cm³/mol. The number of benzene rings is 2. The van der Waals surface area contributed by atoms with Gasteiger partial charge >= 0.3 is 0 Å². The molecule has 0 bridgehead atoms. The lowest BCUT2D eigenvalue weighted by Crippen LogP contribution is -2.30. The van der Waals surface area contributed by atoms with Gasteiger partial charge in [0.2, 0.25) is 0 Å². The zero-order valence-electron chi connectivity index (χ0n) is 11.8. The summed E-state index contributed by atoms with van der Waals surface area (Å²) in [5, 5.41) is 2.68. The van der Waals surface area contributed by atoms with Crippen molar-refractivity contribution in [3.05, 3.63) is 48.0 Å². The van der Waals surface area contributed by atoms with Crippen molar-refractivity contribution in [2.24, 2.45) is 17.6 Å². The Morgan fingerprint density at radius 1 is 1.00 bits per heavy atom. The molecular formula is C18H22N2. The minimum absolute atomic E-state index is 0.446. The summed E-state index contributed by atoms with van der Waals surface area (Å²) >= 11 is 0. The Morgan fingerprint density at radius 3 is 2.70 bits per heavy atom. The second kappa shape index (κ2) is 4.87. The van der Waals surface area contributed by atoms with E-state index in [9.17, 15) is 0 Å². The highest BCUT2D eigenvalue weighted by molar-refractivity contribution is 5.82. The van der Waals surface area contributed by atoms with Crippen molar-refractivity contribution in [1.29, 1.82) is 0 Å². The summed E-state index contributed by atoms with van der Waals surface area (Å²) in [6, 6.07) is 15.9. The zero-order valence-corrected chi connectivity index (χ0v) is 11.8.